The van der Waals surface area contributed by atoms with Gasteiger partial charge in [-0.3, -0.25) is 0 Å². The number of anilines is 3. The Kier molecular flexibility index (Phi) is 4.45. The fourth-order valence-electron chi connectivity index (χ4n) is 1.65. The number of hydrogen-bond acceptors (Lipinski definition) is 3. The van der Waals surface area contributed by atoms with Crippen LogP contribution in [0.4, 0.5) is 30.5 Å². The first-order chi connectivity index (χ1) is 9.60. The smallest absolute Gasteiger partial charge is 0.152 e. The zero-order chi connectivity index (χ0) is 14.5. The van der Waals surface area contributed by atoms with E-state index < -0.39 is 23.1 Å². The van der Waals surface area contributed by atoms with Crippen LogP contribution in [-0.2, 0) is 0 Å². The van der Waals surface area contributed by atoms with E-state index >= 15 is 0 Å². The van der Waals surface area contributed by atoms with Crippen molar-refractivity contribution in [2.75, 3.05) is 17.2 Å². The van der Waals surface area contributed by atoms with Crippen molar-refractivity contribution < 1.29 is 13.2 Å². The van der Waals surface area contributed by atoms with Crippen LogP contribution in [0, 0.1) is 17.5 Å². The minimum atomic E-state index is -1.00. The Bertz CT molecular complexity index is 579. The van der Waals surface area contributed by atoms with Gasteiger partial charge in [-0.05, 0) is 18.6 Å². The number of pyridine rings is 1. The molecule has 0 saturated carbocycles. The molecule has 1 aromatic carbocycles. The first-order valence-corrected chi connectivity index (χ1v) is 6.22. The SMILES string of the molecule is CCCNc1cccc(Nc2c(F)cc(F)cc2F)n1. The molecule has 6 heteroatoms. The molecule has 0 spiro atoms. The predicted molar refractivity (Wildman–Crippen MR) is 72.6 cm³/mol. The molecule has 0 radical (unpaired) electrons. The molecule has 0 aliphatic heterocycles. The van der Waals surface area contributed by atoms with E-state index in [1.54, 1.807) is 18.2 Å². The van der Waals surface area contributed by atoms with Crippen LogP contribution in [-0.4, -0.2) is 11.5 Å². The average Bonchev–Trinajstić information content (AvgIpc) is 2.41. The molecule has 2 N–H and O–H groups in total. The van der Waals surface area contributed by atoms with Gasteiger partial charge in [0.1, 0.15) is 23.1 Å². The van der Waals surface area contributed by atoms with Crippen molar-refractivity contribution in [2.45, 2.75) is 13.3 Å². The highest BCUT2D eigenvalue weighted by Crippen LogP contribution is 2.24. The summed E-state index contributed by atoms with van der Waals surface area (Å²) in [7, 11) is 0. The van der Waals surface area contributed by atoms with Gasteiger partial charge in [0.2, 0.25) is 0 Å². The number of hydrogen-bond donors (Lipinski definition) is 2. The van der Waals surface area contributed by atoms with E-state index in [1.165, 1.54) is 0 Å². The molecular weight excluding hydrogens is 267 g/mol. The van der Waals surface area contributed by atoms with Crippen LogP contribution in [0.1, 0.15) is 13.3 Å². The largest absolute Gasteiger partial charge is 0.370 e. The highest BCUT2D eigenvalue weighted by atomic mass is 19.1. The molecule has 1 heterocycles. The van der Waals surface area contributed by atoms with Gasteiger partial charge in [-0.1, -0.05) is 13.0 Å². The maximum Gasteiger partial charge on any atom is 0.152 e. The molecule has 0 fully saturated rings. The lowest BCUT2D eigenvalue weighted by Gasteiger charge is -2.10. The van der Waals surface area contributed by atoms with Gasteiger partial charge >= 0.3 is 0 Å². The second kappa shape index (κ2) is 6.27. The molecule has 0 aliphatic carbocycles. The van der Waals surface area contributed by atoms with Gasteiger partial charge in [0, 0.05) is 18.7 Å². The first-order valence-electron chi connectivity index (χ1n) is 6.22. The summed E-state index contributed by atoms with van der Waals surface area (Å²) in [6.07, 6.45) is 0.931. The second-order valence-electron chi connectivity index (χ2n) is 4.20. The Morgan fingerprint density at radius 1 is 1.05 bits per heavy atom. The molecule has 1 aromatic heterocycles. The monoisotopic (exact) mass is 281 g/mol. The summed E-state index contributed by atoms with van der Waals surface area (Å²) in [5.41, 5.74) is -0.424. The third-order valence-electron chi connectivity index (χ3n) is 2.57. The number of aromatic nitrogens is 1. The summed E-state index contributed by atoms with van der Waals surface area (Å²) < 4.78 is 39.8. The molecule has 0 saturated heterocycles. The van der Waals surface area contributed by atoms with Crippen LogP contribution >= 0.6 is 0 Å². The molecule has 20 heavy (non-hydrogen) atoms. The first kappa shape index (κ1) is 14.2. The standard InChI is InChI=1S/C14H14F3N3/c1-2-6-18-12-4-3-5-13(19-12)20-14-10(16)7-9(15)8-11(14)17/h3-5,7-8H,2,6H2,1H3,(H2,18,19,20). The Hall–Kier alpha value is -2.24. The van der Waals surface area contributed by atoms with E-state index in [1.807, 2.05) is 6.92 Å². The van der Waals surface area contributed by atoms with E-state index in [0.29, 0.717) is 18.0 Å². The van der Waals surface area contributed by atoms with Gasteiger partial charge in [-0.2, -0.15) is 0 Å². The highest BCUT2D eigenvalue weighted by Gasteiger charge is 2.12. The number of rotatable bonds is 5. The van der Waals surface area contributed by atoms with Gasteiger partial charge in [0.25, 0.3) is 0 Å². The lowest BCUT2D eigenvalue weighted by atomic mass is 10.2. The molecule has 0 amide bonds. The minimum absolute atomic E-state index is 0.274. The normalized spacial score (nSPS) is 10.4. The fourth-order valence-corrected chi connectivity index (χ4v) is 1.65. The molecule has 2 aromatic rings. The molecule has 2 rings (SSSR count). The summed E-state index contributed by atoms with van der Waals surface area (Å²) in [5, 5.41) is 5.58. The third-order valence-corrected chi connectivity index (χ3v) is 2.57. The van der Waals surface area contributed by atoms with Crippen molar-refractivity contribution in [1.82, 2.24) is 4.98 Å². The Labute approximate surface area is 114 Å². The summed E-state index contributed by atoms with van der Waals surface area (Å²) in [6, 6.07) is 6.25. The summed E-state index contributed by atoms with van der Waals surface area (Å²) in [4.78, 5) is 4.16. The maximum absolute atomic E-state index is 13.5. The van der Waals surface area contributed by atoms with E-state index in [-0.39, 0.29) is 5.82 Å². The van der Waals surface area contributed by atoms with Crippen molar-refractivity contribution in [1.29, 1.82) is 0 Å². The van der Waals surface area contributed by atoms with E-state index in [2.05, 4.69) is 15.6 Å². The van der Waals surface area contributed by atoms with Gasteiger partial charge in [-0.15, -0.1) is 0 Å². The Morgan fingerprint density at radius 3 is 2.35 bits per heavy atom. The molecule has 0 atom stereocenters. The van der Waals surface area contributed by atoms with E-state index in [4.69, 9.17) is 0 Å². The van der Waals surface area contributed by atoms with Gasteiger partial charge in [0.05, 0.1) is 0 Å². The van der Waals surface area contributed by atoms with Crippen LogP contribution in [0.15, 0.2) is 30.3 Å². The van der Waals surface area contributed by atoms with Gasteiger partial charge in [-0.25, -0.2) is 18.2 Å². The van der Waals surface area contributed by atoms with Crippen molar-refractivity contribution in [3.63, 3.8) is 0 Å². The zero-order valence-electron chi connectivity index (χ0n) is 10.9. The number of halogens is 3. The van der Waals surface area contributed by atoms with Crippen molar-refractivity contribution in [3.8, 4) is 0 Å². The Morgan fingerprint density at radius 2 is 1.70 bits per heavy atom. The summed E-state index contributed by atoms with van der Waals surface area (Å²) in [6.45, 7) is 2.76. The minimum Gasteiger partial charge on any atom is -0.370 e. The van der Waals surface area contributed by atoms with Crippen LogP contribution in [0.25, 0.3) is 0 Å². The van der Waals surface area contributed by atoms with Crippen LogP contribution in [0.5, 0.6) is 0 Å². The molecule has 0 bridgehead atoms. The lowest BCUT2D eigenvalue weighted by Crippen LogP contribution is -2.04. The zero-order valence-corrected chi connectivity index (χ0v) is 10.9. The molecular formula is C14H14F3N3. The highest BCUT2D eigenvalue weighted by molar-refractivity contribution is 5.59. The summed E-state index contributed by atoms with van der Waals surface area (Å²) >= 11 is 0. The maximum atomic E-state index is 13.5. The third kappa shape index (κ3) is 3.40. The van der Waals surface area contributed by atoms with Gasteiger partial charge in [0.15, 0.2) is 11.6 Å². The molecule has 0 aliphatic rings. The van der Waals surface area contributed by atoms with Crippen molar-refractivity contribution in [2.24, 2.45) is 0 Å². The van der Waals surface area contributed by atoms with Crippen LogP contribution in [0.2, 0.25) is 0 Å². The van der Waals surface area contributed by atoms with Crippen molar-refractivity contribution in [3.05, 3.63) is 47.8 Å². The Balaban J connectivity index is 2.22. The number of nitrogens with one attached hydrogen (secondary N) is 2. The van der Waals surface area contributed by atoms with Crippen LogP contribution in [0.3, 0.4) is 0 Å². The average molecular weight is 281 g/mol. The fraction of sp³-hybridized carbons (Fsp3) is 0.214. The number of benzene rings is 1. The van der Waals surface area contributed by atoms with E-state index in [9.17, 15) is 13.2 Å². The van der Waals surface area contributed by atoms with Crippen LogP contribution < -0.4 is 10.6 Å². The molecule has 3 nitrogen and oxygen atoms in total. The topological polar surface area (TPSA) is 37.0 Å². The van der Waals surface area contributed by atoms with Gasteiger partial charge < -0.3 is 10.6 Å². The lowest BCUT2D eigenvalue weighted by molar-refractivity contribution is 0.549. The van der Waals surface area contributed by atoms with E-state index in [0.717, 1.165) is 13.0 Å². The quantitative estimate of drug-likeness (QED) is 0.867. The molecule has 0 unspecified atom stereocenters. The molecule has 106 valence electrons. The second-order valence-corrected chi connectivity index (χ2v) is 4.20. The van der Waals surface area contributed by atoms with Crippen molar-refractivity contribution >= 4 is 17.3 Å². The number of nitrogens with zero attached hydrogens (tertiary/aromatic N) is 1. The summed E-state index contributed by atoms with van der Waals surface area (Å²) in [5.74, 6) is -2.10. The predicted octanol–water partition coefficient (Wildman–Crippen LogP) is 4.06.